The zero-order chi connectivity index (χ0) is 30.9. The van der Waals surface area contributed by atoms with E-state index in [0.717, 1.165) is 33.3 Å². The molecule has 10 rings (SSSR count). The van der Waals surface area contributed by atoms with E-state index in [1.54, 1.807) is 11.3 Å². The summed E-state index contributed by atoms with van der Waals surface area (Å²) < 4.78 is 2.62. The monoisotopic (exact) mass is 634 g/mol. The molecular weight excluding hydrogens is 609 g/mol. The molecule has 0 fully saturated rings. The van der Waals surface area contributed by atoms with Crippen LogP contribution in [0.25, 0.3) is 74.3 Å². The summed E-state index contributed by atoms with van der Waals surface area (Å²) >= 11 is 3.65. The lowest BCUT2D eigenvalue weighted by Crippen LogP contribution is -2.10. The van der Waals surface area contributed by atoms with Gasteiger partial charge < -0.3 is 4.90 Å². The van der Waals surface area contributed by atoms with Crippen molar-refractivity contribution in [2.24, 2.45) is 0 Å². The summed E-state index contributed by atoms with van der Waals surface area (Å²) in [6.07, 6.45) is 0. The van der Waals surface area contributed by atoms with Crippen LogP contribution in [-0.4, -0.2) is 4.98 Å². The number of fused-ring (bicyclic) bond motifs is 6. The van der Waals surface area contributed by atoms with Crippen LogP contribution in [0.3, 0.4) is 0 Å². The van der Waals surface area contributed by atoms with Crippen molar-refractivity contribution in [3.8, 4) is 43.4 Å². The number of thiazole rings is 1. The first-order valence-electron chi connectivity index (χ1n) is 15.8. The fourth-order valence-electron chi connectivity index (χ4n) is 7.07. The Balaban J connectivity index is 1.14. The number of benzene rings is 7. The molecule has 4 heteroatoms. The van der Waals surface area contributed by atoms with Crippen LogP contribution >= 0.6 is 22.7 Å². The van der Waals surface area contributed by atoms with E-state index in [2.05, 4.69) is 163 Å². The summed E-state index contributed by atoms with van der Waals surface area (Å²) in [6.45, 7) is 0. The number of aromatic nitrogens is 1. The van der Waals surface area contributed by atoms with Gasteiger partial charge in [-0.3, -0.25) is 0 Å². The lowest BCUT2D eigenvalue weighted by molar-refractivity contribution is 1.29. The number of thiophene rings is 1. The normalized spacial score (nSPS) is 11.8. The highest BCUT2D eigenvalue weighted by molar-refractivity contribution is 7.25. The lowest BCUT2D eigenvalue weighted by atomic mass is 10.0. The second-order valence-corrected chi connectivity index (χ2v) is 14.1. The number of rotatable bonds is 5. The predicted octanol–water partition coefficient (Wildman–Crippen LogP) is 13.1. The van der Waals surface area contributed by atoms with Crippen LogP contribution in [0.2, 0.25) is 0 Å². The molecule has 2 aromatic heterocycles. The van der Waals surface area contributed by atoms with Crippen LogP contribution in [-0.2, 0) is 0 Å². The Morgan fingerprint density at radius 2 is 1.19 bits per heavy atom. The summed E-state index contributed by atoms with van der Waals surface area (Å²) in [5, 5.41) is 6.18. The quantitative estimate of drug-likeness (QED) is 0.187. The van der Waals surface area contributed by atoms with Crippen molar-refractivity contribution in [3.63, 3.8) is 0 Å². The molecule has 9 aromatic rings. The predicted molar refractivity (Wildman–Crippen MR) is 202 cm³/mol. The first kappa shape index (κ1) is 26.6. The number of nitrogens with zero attached hydrogens (tertiary/aromatic N) is 2. The van der Waals surface area contributed by atoms with Crippen LogP contribution in [0.15, 0.2) is 158 Å². The third-order valence-corrected chi connectivity index (χ3v) is 11.5. The molecule has 0 amide bonds. The Hall–Kier alpha value is -5.55. The van der Waals surface area contributed by atoms with Crippen molar-refractivity contribution in [2.75, 3.05) is 4.90 Å². The van der Waals surface area contributed by atoms with Crippen molar-refractivity contribution in [1.82, 2.24) is 4.98 Å². The first-order chi connectivity index (χ1) is 23.3. The fraction of sp³-hybridized carbons (Fsp3) is 0. The van der Waals surface area contributed by atoms with Gasteiger partial charge in [0.2, 0.25) is 0 Å². The van der Waals surface area contributed by atoms with Crippen LogP contribution in [0, 0.1) is 0 Å². The molecule has 7 aromatic carbocycles. The molecule has 0 saturated carbocycles. The molecule has 2 nitrogen and oxygen atoms in total. The maximum absolute atomic E-state index is 5.35. The van der Waals surface area contributed by atoms with Gasteiger partial charge in [0.05, 0.1) is 10.6 Å². The van der Waals surface area contributed by atoms with E-state index < -0.39 is 0 Å². The van der Waals surface area contributed by atoms with E-state index in [4.69, 9.17) is 4.98 Å². The standard InChI is InChI=1S/C43H26N2S2/c1-3-11-27(12-4-1)28-13-9-15-30(23-28)43-44-41-37-26-33(24-29-14-10-19-35(40(29)37)42(41)47-43)45(31-16-5-2-6-17-31)32-21-22-39-36(25-32)34-18-7-8-20-38(34)46-39/h1-26H. The van der Waals surface area contributed by atoms with Crippen molar-refractivity contribution in [1.29, 1.82) is 0 Å². The lowest BCUT2D eigenvalue weighted by Gasteiger charge is -2.26. The minimum absolute atomic E-state index is 1.05. The summed E-state index contributed by atoms with van der Waals surface area (Å²) in [5.41, 5.74) is 10.5. The highest BCUT2D eigenvalue weighted by Gasteiger charge is 2.28. The van der Waals surface area contributed by atoms with E-state index in [9.17, 15) is 0 Å². The third-order valence-electron chi connectivity index (χ3n) is 9.20. The number of hydrogen-bond acceptors (Lipinski definition) is 4. The molecule has 0 saturated heterocycles. The summed E-state index contributed by atoms with van der Waals surface area (Å²) in [5.74, 6) is 0. The van der Waals surface area contributed by atoms with Crippen molar-refractivity contribution >= 4 is 70.7 Å². The largest absolute Gasteiger partial charge is 0.310 e. The zero-order valence-electron chi connectivity index (χ0n) is 25.2. The van der Waals surface area contributed by atoms with Gasteiger partial charge in [0.1, 0.15) is 5.01 Å². The van der Waals surface area contributed by atoms with E-state index in [1.807, 2.05) is 11.3 Å². The average Bonchev–Trinajstić information content (AvgIpc) is 3.82. The van der Waals surface area contributed by atoms with Gasteiger partial charge in [-0.2, -0.15) is 0 Å². The van der Waals surface area contributed by atoms with Gasteiger partial charge >= 0.3 is 0 Å². The Kier molecular flexibility index (Phi) is 5.95. The molecule has 1 aliphatic carbocycles. The fourth-order valence-corrected chi connectivity index (χ4v) is 9.26. The molecule has 0 radical (unpaired) electrons. The first-order valence-corrected chi connectivity index (χ1v) is 17.4. The highest BCUT2D eigenvalue weighted by Crippen LogP contribution is 2.53. The maximum Gasteiger partial charge on any atom is 0.124 e. The van der Waals surface area contributed by atoms with Gasteiger partial charge in [0, 0.05) is 53.9 Å². The van der Waals surface area contributed by atoms with Gasteiger partial charge in [0.25, 0.3) is 0 Å². The molecule has 0 N–H and O–H groups in total. The molecular formula is C43H26N2S2. The summed E-state index contributed by atoms with van der Waals surface area (Å²) in [4.78, 5) is 8.99. The van der Waals surface area contributed by atoms with Gasteiger partial charge in [0.15, 0.2) is 0 Å². The van der Waals surface area contributed by atoms with Crippen molar-refractivity contribution < 1.29 is 0 Å². The average molecular weight is 635 g/mol. The Morgan fingerprint density at radius 3 is 2.09 bits per heavy atom. The molecule has 220 valence electrons. The Labute approximate surface area is 280 Å². The van der Waals surface area contributed by atoms with Gasteiger partial charge in [-0.25, -0.2) is 4.98 Å². The molecule has 0 bridgehead atoms. The minimum atomic E-state index is 1.05. The molecule has 0 spiro atoms. The van der Waals surface area contributed by atoms with E-state index in [-0.39, 0.29) is 0 Å². The van der Waals surface area contributed by atoms with Gasteiger partial charge in [-0.15, -0.1) is 22.7 Å². The van der Waals surface area contributed by atoms with Crippen LogP contribution < -0.4 is 4.90 Å². The van der Waals surface area contributed by atoms with E-state index in [0.29, 0.717) is 0 Å². The molecule has 47 heavy (non-hydrogen) atoms. The van der Waals surface area contributed by atoms with Crippen LogP contribution in [0.4, 0.5) is 17.1 Å². The highest BCUT2D eigenvalue weighted by atomic mass is 32.1. The zero-order valence-corrected chi connectivity index (χ0v) is 26.9. The summed E-state index contributed by atoms with van der Waals surface area (Å²) in [6, 6.07) is 57.0. The maximum atomic E-state index is 5.35. The Morgan fingerprint density at radius 1 is 0.447 bits per heavy atom. The number of hydrogen-bond donors (Lipinski definition) is 0. The number of anilines is 3. The van der Waals surface area contributed by atoms with Crippen LogP contribution in [0.5, 0.6) is 0 Å². The smallest absolute Gasteiger partial charge is 0.124 e. The molecule has 0 unspecified atom stereocenters. The van der Waals surface area contributed by atoms with Crippen LogP contribution in [0.1, 0.15) is 0 Å². The third kappa shape index (κ3) is 4.26. The molecule has 1 aliphatic rings. The van der Waals surface area contributed by atoms with E-state index in [1.165, 1.54) is 58.1 Å². The second-order valence-electron chi connectivity index (χ2n) is 12.0. The minimum Gasteiger partial charge on any atom is -0.310 e. The molecule has 0 atom stereocenters. The second kappa shape index (κ2) is 10.5. The van der Waals surface area contributed by atoms with Crippen molar-refractivity contribution in [3.05, 3.63) is 158 Å². The Bertz CT molecular complexity index is 2630. The van der Waals surface area contributed by atoms with Crippen molar-refractivity contribution in [2.45, 2.75) is 0 Å². The SMILES string of the molecule is c1ccc(-c2cccc(-c3nc4c(s3)-c3cccc5cc(N(c6ccccc6)c6ccc7sc8ccccc8c7c6)cc-4c35)c2)cc1. The topological polar surface area (TPSA) is 16.1 Å². The molecule has 2 heterocycles. The van der Waals surface area contributed by atoms with Gasteiger partial charge in [-0.05, 0) is 76.5 Å². The molecule has 0 aliphatic heterocycles. The van der Waals surface area contributed by atoms with E-state index >= 15 is 0 Å². The summed E-state index contributed by atoms with van der Waals surface area (Å²) in [7, 11) is 0. The number of para-hydroxylation sites is 1. The van der Waals surface area contributed by atoms with Gasteiger partial charge in [-0.1, -0.05) is 103 Å².